The van der Waals surface area contributed by atoms with Crippen LogP contribution in [0.5, 0.6) is 0 Å². The summed E-state index contributed by atoms with van der Waals surface area (Å²) in [6.45, 7) is 6.61. The SMILES string of the molecule is COCC(=O)N[C@H](C(=O)NCCC1CCCNC1)C(C)C. The Balaban J connectivity index is 2.32. The molecule has 0 aliphatic carbocycles. The maximum absolute atomic E-state index is 12.2. The van der Waals surface area contributed by atoms with E-state index in [0.717, 1.165) is 19.5 Å². The maximum Gasteiger partial charge on any atom is 0.246 e. The fourth-order valence-corrected chi connectivity index (χ4v) is 2.56. The molecular weight excluding hydrogens is 270 g/mol. The zero-order valence-electron chi connectivity index (χ0n) is 13.4. The van der Waals surface area contributed by atoms with Gasteiger partial charge in [-0.1, -0.05) is 13.8 Å². The molecule has 1 aliphatic rings. The third kappa shape index (κ3) is 6.91. The molecule has 0 saturated carbocycles. The van der Waals surface area contributed by atoms with Gasteiger partial charge in [-0.05, 0) is 44.2 Å². The van der Waals surface area contributed by atoms with Crippen molar-refractivity contribution in [1.82, 2.24) is 16.0 Å². The molecule has 3 N–H and O–H groups in total. The number of ether oxygens (including phenoxy) is 1. The van der Waals surface area contributed by atoms with E-state index in [-0.39, 0.29) is 24.3 Å². The second-order valence-electron chi connectivity index (χ2n) is 6.01. The fraction of sp³-hybridized carbons (Fsp3) is 0.867. The van der Waals surface area contributed by atoms with Crippen LogP contribution in [0.2, 0.25) is 0 Å². The first-order chi connectivity index (χ1) is 10.0. The van der Waals surface area contributed by atoms with Crippen molar-refractivity contribution in [1.29, 1.82) is 0 Å². The molecule has 0 radical (unpaired) electrons. The van der Waals surface area contributed by atoms with Gasteiger partial charge in [0.1, 0.15) is 12.6 Å². The Morgan fingerprint density at radius 2 is 2.14 bits per heavy atom. The molecule has 6 heteroatoms. The van der Waals surface area contributed by atoms with Crippen molar-refractivity contribution in [2.45, 2.75) is 39.2 Å². The molecule has 0 aromatic carbocycles. The van der Waals surface area contributed by atoms with Gasteiger partial charge in [-0.15, -0.1) is 0 Å². The number of nitrogens with one attached hydrogen (secondary N) is 3. The molecule has 1 fully saturated rings. The third-order valence-corrected chi connectivity index (χ3v) is 3.79. The van der Waals surface area contributed by atoms with E-state index in [0.29, 0.717) is 12.5 Å². The zero-order valence-corrected chi connectivity index (χ0v) is 13.4. The van der Waals surface area contributed by atoms with Gasteiger partial charge in [0.15, 0.2) is 0 Å². The highest BCUT2D eigenvalue weighted by atomic mass is 16.5. The van der Waals surface area contributed by atoms with Gasteiger partial charge in [0, 0.05) is 13.7 Å². The van der Waals surface area contributed by atoms with Crippen molar-refractivity contribution in [2.75, 3.05) is 33.4 Å². The molecule has 1 unspecified atom stereocenters. The van der Waals surface area contributed by atoms with Crippen LogP contribution >= 0.6 is 0 Å². The van der Waals surface area contributed by atoms with Crippen LogP contribution in [0.1, 0.15) is 33.1 Å². The summed E-state index contributed by atoms with van der Waals surface area (Å²) in [4.78, 5) is 23.7. The van der Waals surface area contributed by atoms with Crippen LogP contribution in [0.25, 0.3) is 0 Å². The van der Waals surface area contributed by atoms with Gasteiger partial charge in [-0.3, -0.25) is 9.59 Å². The minimum atomic E-state index is -0.503. The van der Waals surface area contributed by atoms with Crippen LogP contribution in [0.4, 0.5) is 0 Å². The lowest BCUT2D eigenvalue weighted by Crippen LogP contribution is -2.51. The lowest BCUT2D eigenvalue weighted by Gasteiger charge is -2.24. The Morgan fingerprint density at radius 3 is 2.71 bits per heavy atom. The van der Waals surface area contributed by atoms with Crippen molar-refractivity contribution in [3.8, 4) is 0 Å². The molecular formula is C15H29N3O3. The normalized spacial score (nSPS) is 20.1. The van der Waals surface area contributed by atoms with Gasteiger partial charge in [0.25, 0.3) is 0 Å². The summed E-state index contributed by atoms with van der Waals surface area (Å²) in [5, 5.41) is 9.02. The Hall–Kier alpha value is -1.14. The molecule has 2 amide bonds. The fourth-order valence-electron chi connectivity index (χ4n) is 2.56. The summed E-state index contributed by atoms with van der Waals surface area (Å²) in [6.07, 6.45) is 3.41. The van der Waals surface area contributed by atoms with Gasteiger partial charge in [-0.25, -0.2) is 0 Å². The lowest BCUT2D eigenvalue weighted by molar-refractivity contribution is -0.131. The Bertz CT molecular complexity index is 328. The molecule has 6 nitrogen and oxygen atoms in total. The van der Waals surface area contributed by atoms with Crippen LogP contribution in [-0.4, -0.2) is 51.2 Å². The van der Waals surface area contributed by atoms with E-state index < -0.39 is 6.04 Å². The van der Waals surface area contributed by atoms with E-state index in [9.17, 15) is 9.59 Å². The third-order valence-electron chi connectivity index (χ3n) is 3.79. The van der Waals surface area contributed by atoms with Crippen molar-refractivity contribution < 1.29 is 14.3 Å². The molecule has 1 aliphatic heterocycles. The number of piperidine rings is 1. The average molecular weight is 299 g/mol. The Morgan fingerprint density at radius 1 is 1.38 bits per heavy atom. The quantitative estimate of drug-likeness (QED) is 0.601. The minimum absolute atomic E-state index is 0.0236. The summed E-state index contributed by atoms with van der Waals surface area (Å²) < 4.78 is 4.77. The van der Waals surface area contributed by atoms with E-state index in [1.807, 2.05) is 13.8 Å². The van der Waals surface area contributed by atoms with Gasteiger partial charge in [-0.2, -0.15) is 0 Å². The van der Waals surface area contributed by atoms with E-state index in [1.165, 1.54) is 20.0 Å². The smallest absolute Gasteiger partial charge is 0.246 e. The molecule has 1 saturated heterocycles. The first-order valence-corrected chi connectivity index (χ1v) is 7.81. The first-order valence-electron chi connectivity index (χ1n) is 7.81. The topological polar surface area (TPSA) is 79.5 Å². The second kappa shape index (κ2) is 9.73. The van der Waals surface area contributed by atoms with Crippen molar-refractivity contribution in [3.63, 3.8) is 0 Å². The maximum atomic E-state index is 12.2. The van der Waals surface area contributed by atoms with Crippen LogP contribution in [-0.2, 0) is 14.3 Å². The number of carbonyl (C=O) groups is 2. The van der Waals surface area contributed by atoms with Crippen molar-refractivity contribution in [2.24, 2.45) is 11.8 Å². The molecule has 0 bridgehead atoms. The van der Waals surface area contributed by atoms with Crippen LogP contribution in [0.15, 0.2) is 0 Å². The first kappa shape index (κ1) is 17.9. The van der Waals surface area contributed by atoms with E-state index in [2.05, 4.69) is 16.0 Å². The molecule has 0 spiro atoms. The zero-order chi connectivity index (χ0) is 15.7. The van der Waals surface area contributed by atoms with Crippen molar-refractivity contribution in [3.05, 3.63) is 0 Å². The summed E-state index contributed by atoms with van der Waals surface area (Å²) in [5.41, 5.74) is 0. The molecule has 21 heavy (non-hydrogen) atoms. The highest BCUT2D eigenvalue weighted by molar-refractivity contribution is 5.88. The van der Waals surface area contributed by atoms with Gasteiger partial charge in [0.05, 0.1) is 0 Å². The number of rotatable bonds is 8. The predicted molar refractivity (Wildman–Crippen MR) is 81.9 cm³/mol. The molecule has 0 aromatic rings. The van der Waals surface area contributed by atoms with Gasteiger partial charge in [0.2, 0.25) is 11.8 Å². The molecule has 122 valence electrons. The summed E-state index contributed by atoms with van der Waals surface area (Å²) in [5.74, 6) is 0.308. The standard InChI is InChI=1S/C15H29N3O3/c1-11(2)14(18-13(19)10-21-3)15(20)17-8-6-12-5-4-7-16-9-12/h11-12,14,16H,4-10H2,1-3H3,(H,17,20)(H,18,19)/t12?,14-/m0/s1. The molecule has 2 atom stereocenters. The van der Waals surface area contributed by atoms with Gasteiger partial charge >= 0.3 is 0 Å². The highest BCUT2D eigenvalue weighted by Crippen LogP contribution is 2.13. The monoisotopic (exact) mass is 299 g/mol. The molecule has 1 heterocycles. The van der Waals surface area contributed by atoms with Crippen LogP contribution in [0, 0.1) is 11.8 Å². The minimum Gasteiger partial charge on any atom is -0.375 e. The summed E-state index contributed by atoms with van der Waals surface area (Å²) in [6, 6.07) is -0.503. The number of methoxy groups -OCH3 is 1. The predicted octanol–water partition coefficient (Wildman–Crippen LogP) is 0.280. The number of hydrogen-bond acceptors (Lipinski definition) is 4. The second-order valence-corrected chi connectivity index (χ2v) is 6.01. The van der Waals surface area contributed by atoms with E-state index >= 15 is 0 Å². The lowest BCUT2D eigenvalue weighted by atomic mass is 9.96. The van der Waals surface area contributed by atoms with Crippen LogP contribution in [0.3, 0.4) is 0 Å². The number of amides is 2. The van der Waals surface area contributed by atoms with Gasteiger partial charge < -0.3 is 20.7 Å². The number of carbonyl (C=O) groups excluding carboxylic acids is 2. The Kier molecular flexibility index (Phi) is 8.30. The van der Waals surface area contributed by atoms with Crippen LogP contribution < -0.4 is 16.0 Å². The summed E-state index contributed by atoms with van der Waals surface area (Å²) in [7, 11) is 1.46. The van der Waals surface area contributed by atoms with Crippen molar-refractivity contribution >= 4 is 11.8 Å². The Labute approximate surface area is 127 Å². The van der Waals surface area contributed by atoms with E-state index in [4.69, 9.17) is 4.74 Å². The molecule has 1 rings (SSSR count). The molecule has 0 aromatic heterocycles. The van der Waals surface area contributed by atoms with E-state index in [1.54, 1.807) is 0 Å². The highest BCUT2D eigenvalue weighted by Gasteiger charge is 2.24. The average Bonchev–Trinajstić information content (AvgIpc) is 2.45. The number of hydrogen-bond donors (Lipinski definition) is 3. The largest absolute Gasteiger partial charge is 0.375 e. The summed E-state index contributed by atoms with van der Waals surface area (Å²) >= 11 is 0.